The maximum Gasteiger partial charge on any atom is 3.00 e. The van der Waals surface area contributed by atoms with Crippen molar-refractivity contribution in [3.8, 4) is 0 Å². The molecule has 0 amide bonds. The maximum absolute atomic E-state index is 7.57. The van der Waals surface area contributed by atoms with Gasteiger partial charge in [0.2, 0.25) is 0 Å². The van der Waals surface area contributed by atoms with Gasteiger partial charge in [0.15, 0.2) is 0 Å². The number of nitrogens with zero attached hydrogens (tertiary/aromatic N) is 8. The molecule has 2 fully saturated rings. The first kappa shape index (κ1) is 90.4. The zero-order valence-electron chi connectivity index (χ0n) is 34.7. The molecule has 340 valence electrons. The standard InChI is InChI=1S/2C11H26N4.C2H6O.8CNS.2Co.Zn/c2*1-11(2)9-14-7-5-12-3-4-13-6-8-15-10-11;1-2-3;8*2-1-3;;;/h2*12-15H,3-10H2,1-2H3;3H,2H2,1H3;;;;;;;;;;;/q;;;8*-1;2*+3;+2. The monoisotopic (exact) mass is 1120 g/mol. The molecule has 0 aromatic heterocycles. The number of rotatable bonds is 0. The van der Waals surface area contributed by atoms with Gasteiger partial charge in [-0.15, -0.1) is 0 Å². The Hall–Kier alpha value is -0.324. The van der Waals surface area contributed by atoms with Gasteiger partial charge in [-0.2, -0.15) is 41.3 Å². The van der Waals surface area contributed by atoms with Gasteiger partial charge in [0, 0.05) is 111 Å². The summed E-state index contributed by atoms with van der Waals surface area (Å²) in [4.78, 5) is 0. The molecule has 2 aliphatic heterocycles. The van der Waals surface area contributed by atoms with E-state index in [9.17, 15) is 0 Å². The molecule has 0 aromatic carbocycles. The summed E-state index contributed by atoms with van der Waals surface area (Å²) < 4.78 is 0. The number of aliphatic hydroxyl groups excluding tert-OH is 1. The van der Waals surface area contributed by atoms with Crippen LogP contribution in [0.4, 0.5) is 0 Å². The maximum atomic E-state index is 7.57. The number of nitrogens with one attached hydrogen (secondary N) is 8. The third-order valence-corrected chi connectivity index (χ3v) is 5.29. The Labute approximate surface area is 435 Å². The molecule has 60 heavy (non-hydrogen) atoms. The van der Waals surface area contributed by atoms with Crippen LogP contribution in [0.3, 0.4) is 0 Å². The van der Waals surface area contributed by atoms with Crippen LogP contribution in [0, 0.1) is 10.8 Å². The van der Waals surface area contributed by atoms with Gasteiger partial charge in [-0.25, -0.2) is 0 Å². The number of aliphatic hydroxyl groups is 1. The second-order valence-corrected chi connectivity index (χ2v) is 12.5. The summed E-state index contributed by atoms with van der Waals surface area (Å²) in [7, 11) is 0. The minimum Gasteiger partial charge on any atom is -0.753 e. The molecule has 17 nitrogen and oxygen atoms in total. The minimum atomic E-state index is 0. The second-order valence-electron chi connectivity index (χ2n) is 11.1. The summed E-state index contributed by atoms with van der Waals surface area (Å²) in [6.45, 7) is 28.2. The van der Waals surface area contributed by atoms with Gasteiger partial charge in [-0.05, 0) is 17.8 Å². The molecular formula is C32H58Co2N16OS8Zn. The normalized spacial score (nSPS) is 14.4. The van der Waals surface area contributed by atoms with Crippen molar-refractivity contribution in [1.29, 1.82) is 0 Å². The zero-order chi connectivity index (χ0) is 46.3. The van der Waals surface area contributed by atoms with Crippen LogP contribution in [0.5, 0.6) is 0 Å². The molecule has 0 aromatic rings. The van der Waals surface area contributed by atoms with Crippen LogP contribution in [-0.4, -0.2) is 158 Å². The summed E-state index contributed by atoms with van der Waals surface area (Å²) in [5.41, 5.74) is 0.683. The van der Waals surface area contributed by atoms with E-state index in [0.717, 1.165) is 105 Å². The van der Waals surface area contributed by atoms with E-state index in [1.807, 2.05) is 0 Å². The predicted octanol–water partition coefficient (Wildman–Crippen LogP) is 4.03. The molecule has 0 bridgehead atoms. The van der Waals surface area contributed by atoms with E-state index in [0.29, 0.717) is 10.8 Å². The van der Waals surface area contributed by atoms with E-state index in [2.05, 4.69) is 168 Å². The topological polar surface area (TPSA) is 295 Å². The van der Waals surface area contributed by atoms with Crippen molar-refractivity contribution in [3.05, 3.63) is 43.3 Å². The van der Waals surface area contributed by atoms with Gasteiger partial charge in [0.05, 0.1) is 0 Å². The van der Waals surface area contributed by atoms with Crippen molar-refractivity contribution in [2.24, 2.45) is 10.8 Å². The van der Waals surface area contributed by atoms with Crippen molar-refractivity contribution < 1.29 is 58.1 Å². The molecule has 2 rings (SSSR count). The molecule has 0 unspecified atom stereocenters. The summed E-state index contributed by atoms with van der Waals surface area (Å²) >= 11 is 29.6. The van der Waals surface area contributed by atoms with Crippen LogP contribution in [0.25, 0.3) is 43.3 Å². The fourth-order valence-corrected chi connectivity index (χ4v) is 3.39. The first-order valence-electron chi connectivity index (χ1n) is 16.5. The average molecular weight is 1120 g/mol. The predicted molar refractivity (Wildman–Crippen MR) is 271 cm³/mol. The van der Waals surface area contributed by atoms with Gasteiger partial charge >= 0.3 is 53.0 Å². The molecular weight excluding hydrogens is 1060 g/mol. The third kappa shape index (κ3) is 163. The third-order valence-electron chi connectivity index (χ3n) is 5.29. The first-order chi connectivity index (χ1) is 27.1. The van der Waals surface area contributed by atoms with Crippen molar-refractivity contribution in [2.45, 2.75) is 34.6 Å². The second kappa shape index (κ2) is 97.8. The van der Waals surface area contributed by atoms with Gasteiger partial charge in [0.1, 0.15) is 0 Å². The van der Waals surface area contributed by atoms with Crippen LogP contribution >= 0.6 is 97.7 Å². The van der Waals surface area contributed by atoms with Crippen molar-refractivity contribution in [1.82, 2.24) is 42.5 Å². The zero-order valence-corrected chi connectivity index (χ0v) is 46.3. The smallest absolute Gasteiger partial charge is 0.753 e. The van der Waals surface area contributed by atoms with Crippen LogP contribution in [0.2, 0.25) is 0 Å². The van der Waals surface area contributed by atoms with E-state index >= 15 is 0 Å². The molecule has 0 radical (unpaired) electrons. The average Bonchev–Trinajstić information content (AvgIpc) is 3.16. The molecule has 0 aliphatic carbocycles. The summed E-state index contributed by atoms with van der Waals surface area (Å²) in [5.74, 6) is 0. The molecule has 2 saturated heterocycles. The molecule has 28 heteroatoms. The summed E-state index contributed by atoms with van der Waals surface area (Å²) in [5, 5.41) is 103. The van der Waals surface area contributed by atoms with Crippen LogP contribution < -0.4 is 42.5 Å². The SMILES string of the molecule is CC1(C)CNCCNCCNCCNC1.CC1(C)CNCCNCCNCCNC1.CCO.[Co+3].[Co+3].[N-]=C=S.[N-]=C=S.[N-]=C=S.[N-]=C=S.[N-]=C=S.[N-]=C=S.[N-]=C=S.[N-]=C=S.[Zn+2]. The van der Waals surface area contributed by atoms with Gasteiger partial charge in [0.25, 0.3) is 0 Å². The Balaban J connectivity index is -0.0000000472. The Bertz CT molecular complexity index is 894. The van der Waals surface area contributed by atoms with Crippen LogP contribution in [0.15, 0.2) is 0 Å². The van der Waals surface area contributed by atoms with Gasteiger partial charge in [-0.3, -0.25) is 0 Å². The first-order valence-corrected chi connectivity index (χ1v) is 19.8. The largest absolute Gasteiger partial charge is 3.00 e. The summed E-state index contributed by atoms with van der Waals surface area (Å²) in [6, 6.07) is 0. The molecule has 2 heterocycles. The van der Waals surface area contributed by atoms with Crippen LogP contribution in [0.1, 0.15) is 34.6 Å². The fourth-order valence-electron chi connectivity index (χ4n) is 3.39. The number of thiocarbonyl (C=S) groups is 8. The Morgan fingerprint density at radius 3 is 0.550 bits per heavy atom. The number of hydrogen-bond donors (Lipinski definition) is 9. The van der Waals surface area contributed by atoms with E-state index in [1.165, 1.54) is 41.3 Å². The van der Waals surface area contributed by atoms with E-state index < -0.39 is 0 Å². The van der Waals surface area contributed by atoms with Crippen molar-refractivity contribution in [3.63, 3.8) is 0 Å². The molecule has 0 saturated carbocycles. The van der Waals surface area contributed by atoms with Gasteiger partial charge < -0.3 is 90.9 Å². The Kier molecular flexibility index (Phi) is 147. The Morgan fingerprint density at radius 2 is 0.450 bits per heavy atom. The number of isothiocyanates is 8. The molecule has 0 spiro atoms. The fraction of sp³-hybridized carbons (Fsp3) is 0.750. The minimum absolute atomic E-state index is 0. The Morgan fingerprint density at radius 1 is 0.367 bits per heavy atom. The van der Waals surface area contributed by atoms with E-state index in [1.54, 1.807) is 6.92 Å². The van der Waals surface area contributed by atoms with E-state index in [4.69, 9.17) is 48.4 Å². The molecule has 2 aliphatic rings. The van der Waals surface area contributed by atoms with E-state index in [-0.39, 0.29) is 59.6 Å². The quantitative estimate of drug-likeness (QED) is 0.0940. The van der Waals surface area contributed by atoms with Crippen molar-refractivity contribution in [2.75, 3.05) is 111 Å². The van der Waals surface area contributed by atoms with Crippen LogP contribution in [-0.2, 0) is 53.0 Å². The van der Waals surface area contributed by atoms with Crippen molar-refractivity contribution >= 4 is 139 Å². The van der Waals surface area contributed by atoms with Gasteiger partial charge in [-0.1, -0.05) is 125 Å². The molecule has 9 N–H and O–H groups in total. The summed E-state index contributed by atoms with van der Waals surface area (Å²) in [6.07, 6.45) is 0. The molecule has 0 atom stereocenters. The number of hydrogen-bond acceptors (Lipinski definition) is 17.